The Morgan fingerprint density at radius 3 is 2.70 bits per heavy atom. The maximum Gasteiger partial charge on any atom is 0.347 e. The summed E-state index contributed by atoms with van der Waals surface area (Å²) in [5, 5.41) is 13.4. The number of ether oxygens (including phenoxy) is 2. The lowest BCUT2D eigenvalue weighted by atomic mass is 10.2. The number of hydrogen-bond donors (Lipinski definition) is 1. The smallest absolute Gasteiger partial charge is 0.347 e. The highest BCUT2D eigenvalue weighted by Gasteiger charge is 2.19. The van der Waals surface area contributed by atoms with Crippen molar-refractivity contribution >= 4 is 34.9 Å². The molecule has 0 aliphatic heterocycles. The minimum absolute atomic E-state index is 0.00706. The zero-order chi connectivity index (χ0) is 20.0. The summed E-state index contributed by atoms with van der Waals surface area (Å²) < 4.78 is 23.4. The van der Waals surface area contributed by atoms with Gasteiger partial charge in [-0.3, -0.25) is 14.9 Å². The molecule has 1 N–H and O–H groups in total. The molecule has 2 aromatic carbocycles. The standard InChI is InChI=1S/C17H14ClFN2O6/c1-10(27-13-4-2-3-11(18)7-13)17(23)26-9-16(22)20-12-5-6-14(19)15(8-12)21(24)25/h2-8,10H,9H2,1H3,(H,20,22). The van der Waals surface area contributed by atoms with Crippen LogP contribution in [0.25, 0.3) is 0 Å². The van der Waals surface area contributed by atoms with Crippen molar-refractivity contribution in [3.63, 3.8) is 0 Å². The van der Waals surface area contributed by atoms with E-state index in [1.807, 2.05) is 0 Å². The number of nitrogens with one attached hydrogen (secondary N) is 1. The summed E-state index contributed by atoms with van der Waals surface area (Å²) >= 11 is 5.81. The molecule has 0 bridgehead atoms. The monoisotopic (exact) mass is 396 g/mol. The fourth-order valence-corrected chi connectivity index (χ4v) is 2.15. The number of nitro benzene ring substituents is 1. The third-order valence-corrected chi connectivity index (χ3v) is 3.45. The van der Waals surface area contributed by atoms with Crippen LogP contribution in [-0.2, 0) is 14.3 Å². The summed E-state index contributed by atoms with van der Waals surface area (Å²) in [6.45, 7) is 0.789. The molecule has 0 aliphatic carbocycles. The van der Waals surface area contributed by atoms with E-state index in [0.29, 0.717) is 10.8 Å². The quantitative estimate of drug-likeness (QED) is 0.437. The molecule has 0 saturated carbocycles. The van der Waals surface area contributed by atoms with E-state index in [0.717, 1.165) is 18.2 Å². The first kappa shape index (κ1) is 20.1. The molecule has 0 spiro atoms. The van der Waals surface area contributed by atoms with Crippen LogP contribution in [0.3, 0.4) is 0 Å². The first-order valence-electron chi connectivity index (χ1n) is 7.59. The molecule has 0 saturated heterocycles. The van der Waals surface area contributed by atoms with Crippen LogP contribution in [0.15, 0.2) is 42.5 Å². The van der Waals surface area contributed by atoms with E-state index in [1.165, 1.54) is 13.0 Å². The number of nitro groups is 1. The van der Waals surface area contributed by atoms with Gasteiger partial charge in [-0.1, -0.05) is 17.7 Å². The van der Waals surface area contributed by atoms with Crippen LogP contribution in [0.4, 0.5) is 15.8 Å². The topological polar surface area (TPSA) is 108 Å². The number of rotatable bonds is 7. The second kappa shape index (κ2) is 8.95. The summed E-state index contributed by atoms with van der Waals surface area (Å²) in [4.78, 5) is 33.4. The second-order valence-corrected chi connectivity index (χ2v) is 5.73. The van der Waals surface area contributed by atoms with Crippen molar-refractivity contribution in [3.05, 3.63) is 63.4 Å². The van der Waals surface area contributed by atoms with Gasteiger partial charge in [0.1, 0.15) is 5.75 Å². The molecule has 1 amide bonds. The van der Waals surface area contributed by atoms with Crippen molar-refractivity contribution < 1.29 is 28.4 Å². The third kappa shape index (κ3) is 5.93. The van der Waals surface area contributed by atoms with Crippen LogP contribution in [-0.4, -0.2) is 29.5 Å². The van der Waals surface area contributed by atoms with E-state index in [4.69, 9.17) is 21.1 Å². The van der Waals surface area contributed by atoms with Gasteiger partial charge in [0.05, 0.1) is 4.92 Å². The number of amides is 1. The van der Waals surface area contributed by atoms with Gasteiger partial charge in [0, 0.05) is 16.8 Å². The van der Waals surface area contributed by atoms with Gasteiger partial charge in [-0.25, -0.2) is 4.79 Å². The Kier molecular flexibility index (Phi) is 6.67. The molecule has 1 unspecified atom stereocenters. The van der Waals surface area contributed by atoms with Gasteiger partial charge in [-0.2, -0.15) is 4.39 Å². The number of esters is 1. The van der Waals surface area contributed by atoms with Gasteiger partial charge in [-0.05, 0) is 37.3 Å². The van der Waals surface area contributed by atoms with Crippen LogP contribution in [0.2, 0.25) is 5.02 Å². The molecule has 0 aliphatic rings. The number of nitrogens with zero attached hydrogens (tertiary/aromatic N) is 1. The van der Waals surface area contributed by atoms with Crippen LogP contribution in [0.1, 0.15) is 6.92 Å². The Morgan fingerprint density at radius 1 is 1.30 bits per heavy atom. The first-order valence-corrected chi connectivity index (χ1v) is 7.96. The molecule has 0 aromatic heterocycles. The number of benzene rings is 2. The van der Waals surface area contributed by atoms with Crippen molar-refractivity contribution in [3.8, 4) is 5.75 Å². The number of carbonyl (C=O) groups excluding carboxylic acids is 2. The molecule has 8 nitrogen and oxygen atoms in total. The molecule has 27 heavy (non-hydrogen) atoms. The Bertz CT molecular complexity index is 876. The number of anilines is 1. The SMILES string of the molecule is CC(Oc1cccc(Cl)c1)C(=O)OCC(=O)Nc1ccc(F)c([N+](=O)[O-])c1. The van der Waals surface area contributed by atoms with Gasteiger partial charge in [0.2, 0.25) is 5.82 Å². The van der Waals surface area contributed by atoms with Crippen molar-refractivity contribution in [2.75, 3.05) is 11.9 Å². The predicted octanol–water partition coefficient (Wildman–Crippen LogP) is 3.34. The minimum Gasteiger partial charge on any atom is -0.479 e. The molecule has 2 aromatic rings. The van der Waals surface area contributed by atoms with Crippen LogP contribution in [0.5, 0.6) is 5.75 Å². The van der Waals surface area contributed by atoms with Crippen LogP contribution < -0.4 is 10.1 Å². The zero-order valence-corrected chi connectivity index (χ0v) is 14.7. The Morgan fingerprint density at radius 2 is 2.04 bits per heavy atom. The summed E-state index contributed by atoms with van der Waals surface area (Å²) in [6.07, 6.45) is -0.997. The minimum atomic E-state index is -1.03. The molecule has 0 radical (unpaired) electrons. The Labute approximate surface area is 158 Å². The molecule has 142 valence electrons. The van der Waals surface area contributed by atoms with E-state index in [1.54, 1.807) is 18.2 Å². The summed E-state index contributed by atoms with van der Waals surface area (Å²) in [7, 11) is 0. The Hall–Kier alpha value is -3.20. The average Bonchev–Trinajstić information content (AvgIpc) is 2.61. The lowest BCUT2D eigenvalue weighted by Crippen LogP contribution is -2.29. The van der Waals surface area contributed by atoms with Crippen LogP contribution in [0, 0.1) is 15.9 Å². The summed E-state index contributed by atoms with van der Waals surface area (Å²) in [5.41, 5.74) is -0.791. The van der Waals surface area contributed by atoms with Gasteiger partial charge in [0.25, 0.3) is 5.91 Å². The van der Waals surface area contributed by atoms with E-state index >= 15 is 0 Å². The largest absolute Gasteiger partial charge is 0.479 e. The van der Waals surface area contributed by atoms with Gasteiger partial charge < -0.3 is 14.8 Å². The van der Waals surface area contributed by atoms with Gasteiger partial charge in [0.15, 0.2) is 12.7 Å². The van der Waals surface area contributed by atoms with Gasteiger partial charge >= 0.3 is 11.7 Å². The highest BCUT2D eigenvalue weighted by Crippen LogP contribution is 2.21. The van der Waals surface area contributed by atoms with E-state index < -0.39 is 41.0 Å². The van der Waals surface area contributed by atoms with Crippen molar-refractivity contribution in [1.29, 1.82) is 0 Å². The van der Waals surface area contributed by atoms with Gasteiger partial charge in [-0.15, -0.1) is 0 Å². The van der Waals surface area contributed by atoms with E-state index in [-0.39, 0.29) is 5.69 Å². The highest BCUT2D eigenvalue weighted by molar-refractivity contribution is 6.30. The molecule has 0 heterocycles. The molecular weight excluding hydrogens is 383 g/mol. The lowest BCUT2D eigenvalue weighted by Gasteiger charge is -2.14. The zero-order valence-electron chi connectivity index (χ0n) is 14.0. The highest BCUT2D eigenvalue weighted by atomic mass is 35.5. The maximum atomic E-state index is 13.3. The maximum absolute atomic E-state index is 13.3. The van der Waals surface area contributed by atoms with Crippen molar-refractivity contribution in [2.45, 2.75) is 13.0 Å². The molecular formula is C17H14ClFN2O6. The molecule has 2 rings (SSSR count). The third-order valence-electron chi connectivity index (χ3n) is 3.21. The summed E-state index contributed by atoms with van der Waals surface area (Å²) in [5.74, 6) is -2.22. The molecule has 1 atom stereocenters. The second-order valence-electron chi connectivity index (χ2n) is 5.30. The average molecular weight is 397 g/mol. The Balaban J connectivity index is 1.86. The molecule has 0 fully saturated rings. The number of hydrogen-bond acceptors (Lipinski definition) is 6. The fraction of sp³-hybridized carbons (Fsp3) is 0.176. The summed E-state index contributed by atoms with van der Waals surface area (Å²) in [6, 6.07) is 9.25. The number of carbonyl (C=O) groups is 2. The molecule has 10 heteroatoms. The van der Waals surface area contributed by atoms with Crippen molar-refractivity contribution in [1.82, 2.24) is 0 Å². The van der Waals surface area contributed by atoms with Crippen molar-refractivity contribution in [2.24, 2.45) is 0 Å². The lowest BCUT2D eigenvalue weighted by molar-refractivity contribution is -0.387. The van der Waals surface area contributed by atoms with E-state index in [9.17, 15) is 24.1 Å². The van der Waals surface area contributed by atoms with E-state index in [2.05, 4.69) is 5.32 Å². The fourth-order valence-electron chi connectivity index (χ4n) is 1.97. The predicted molar refractivity (Wildman–Crippen MR) is 94.2 cm³/mol. The number of halogens is 2. The first-order chi connectivity index (χ1) is 12.8. The van der Waals surface area contributed by atoms with Crippen LogP contribution >= 0.6 is 11.6 Å². The normalized spacial score (nSPS) is 11.4.